The Morgan fingerprint density at radius 2 is 2.00 bits per heavy atom. The molecular weight excluding hydrogens is 212 g/mol. The molecule has 1 atom stereocenters. The van der Waals surface area contributed by atoms with E-state index in [-0.39, 0.29) is 11.8 Å². The highest BCUT2D eigenvalue weighted by Gasteiger charge is 2.28. The molecule has 1 saturated heterocycles. The van der Waals surface area contributed by atoms with E-state index in [1.54, 1.807) is 0 Å². The SMILES string of the molecule is CC(C)CCN1CC[C@@H](N(C)C(=O)C(C)C)C1. The van der Waals surface area contributed by atoms with Crippen molar-refractivity contribution in [1.29, 1.82) is 0 Å². The van der Waals surface area contributed by atoms with Gasteiger partial charge in [0.2, 0.25) is 5.91 Å². The van der Waals surface area contributed by atoms with Gasteiger partial charge in [-0.3, -0.25) is 4.79 Å². The van der Waals surface area contributed by atoms with Gasteiger partial charge in [0.25, 0.3) is 0 Å². The fourth-order valence-corrected chi connectivity index (χ4v) is 2.36. The largest absolute Gasteiger partial charge is 0.341 e. The van der Waals surface area contributed by atoms with Crippen LogP contribution in [0.3, 0.4) is 0 Å². The first-order valence-electron chi connectivity index (χ1n) is 6.90. The van der Waals surface area contributed by atoms with E-state index >= 15 is 0 Å². The number of nitrogens with zero attached hydrogens (tertiary/aromatic N) is 2. The van der Waals surface area contributed by atoms with Crippen molar-refractivity contribution in [2.24, 2.45) is 11.8 Å². The second-order valence-electron chi connectivity index (χ2n) is 6.03. The molecule has 0 aliphatic carbocycles. The van der Waals surface area contributed by atoms with Crippen LogP contribution in [0.15, 0.2) is 0 Å². The molecule has 1 rings (SSSR count). The predicted molar refractivity (Wildman–Crippen MR) is 71.9 cm³/mol. The summed E-state index contributed by atoms with van der Waals surface area (Å²) in [6.07, 6.45) is 2.39. The average molecular weight is 240 g/mol. The van der Waals surface area contributed by atoms with Crippen molar-refractivity contribution in [3.05, 3.63) is 0 Å². The van der Waals surface area contributed by atoms with Crippen LogP contribution in [0, 0.1) is 11.8 Å². The summed E-state index contributed by atoms with van der Waals surface area (Å²) in [4.78, 5) is 16.4. The van der Waals surface area contributed by atoms with E-state index in [4.69, 9.17) is 0 Å². The molecule has 1 heterocycles. The van der Waals surface area contributed by atoms with Gasteiger partial charge in [0.1, 0.15) is 0 Å². The Labute approximate surface area is 106 Å². The molecule has 1 aliphatic rings. The lowest BCUT2D eigenvalue weighted by Crippen LogP contribution is -2.41. The summed E-state index contributed by atoms with van der Waals surface area (Å²) in [6.45, 7) is 11.9. The van der Waals surface area contributed by atoms with Crippen LogP contribution in [-0.2, 0) is 4.79 Å². The molecule has 0 saturated carbocycles. The van der Waals surface area contributed by atoms with Crippen LogP contribution in [0.1, 0.15) is 40.5 Å². The molecule has 3 nitrogen and oxygen atoms in total. The normalized spacial score (nSPS) is 21.5. The topological polar surface area (TPSA) is 23.6 Å². The first kappa shape index (κ1) is 14.5. The number of likely N-dealkylation sites (tertiary alicyclic amines) is 1. The Hall–Kier alpha value is -0.570. The standard InChI is InChI=1S/C14H28N2O/c1-11(2)6-8-16-9-7-13(10-16)15(5)14(17)12(3)4/h11-13H,6-10H2,1-5H3/t13-/m1/s1. The molecule has 1 fully saturated rings. The molecule has 0 aromatic rings. The van der Waals surface area contributed by atoms with Gasteiger partial charge in [0, 0.05) is 32.1 Å². The molecular formula is C14H28N2O. The van der Waals surface area contributed by atoms with Crippen LogP contribution in [0.4, 0.5) is 0 Å². The minimum absolute atomic E-state index is 0.115. The molecule has 0 aromatic carbocycles. The maximum atomic E-state index is 11.9. The summed E-state index contributed by atoms with van der Waals surface area (Å²) >= 11 is 0. The van der Waals surface area contributed by atoms with E-state index in [0.29, 0.717) is 6.04 Å². The Morgan fingerprint density at radius 3 is 2.53 bits per heavy atom. The number of carbonyl (C=O) groups is 1. The van der Waals surface area contributed by atoms with Crippen LogP contribution in [-0.4, -0.2) is 48.4 Å². The van der Waals surface area contributed by atoms with Gasteiger partial charge in [-0.2, -0.15) is 0 Å². The van der Waals surface area contributed by atoms with Gasteiger partial charge >= 0.3 is 0 Å². The Kier molecular flexibility index (Phi) is 5.44. The summed E-state index contributed by atoms with van der Waals surface area (Å²) in [7, 11) is 1.96. The maximum Gasteiger partial charge on any atom is 0.225 e. The number of likely N-dealkylation sites (N-methyl/N-ethyl adjacent to an activating group) is 1. The molecule has 1 amide bonds. The minimum atomic E-state index is 0.115. The van der Waals surface area contributed by atoms with Crippen molar-refractivity contribution in [3.8, 4) is 0 Å². The van der Waals surface area contributed by atoms with Crippen LogP contribution < -0.4 is 0 Å². The number of rotatable bonds is 5. The lowest BCUT2D eigenvalue weighted by molar-refractivity contribution is -0.135. The van der Waals surface area contributed by atoms with Crippen LogP contribution in [0.5, 0.6) is 0 Å². The van der Waals surface area contributed by atoms with Gasteiger partial charge in [-0.25, -0.2) is 0 Å². The van der Waals surface area contributed by atoms with Crippen LogP contribution in [0.25, 0.3) is 0 Å². The summed E-state index contributed by atoms with van der Waals surface area (Å²) in [5, 5.41) is 0. The monoisotopic (exact) mass is 240 g/mol. The molecule has 100 valence electrons. The smallest absolute Gasteiger partial charge is 0.225 e. The van der Waals surface area contributed by atoms with E-state index in [1.807, 2.05) is 25.8 Å². The van der Waals surface area contributed by atoms with E-state index in [2.05, 4.69) is 18.7 Å². The van der Waals surface area contributed by atoms with E-state index in [0.717, 1.165) is 25.4 Å². The zero-order valence-corrected chi connectivity index (χ0v) is 12.1. The quantitative estimate of drug-likeness (QED) is 0.735. The fraction of sp³-hybridized carbons (Fsp3) is 0.929. The van der Waals surface area contributed by atoms with Crippen molar-refractivity contribution < 1.29 is 4.79 Å². The van der Waals surface area contributed by atoms with E-state index in [1.165, 1.54) is 13.0 Å². The van der Waals surface area contributed by atoms with Crippen molar-refractivity contribution in [1.82, 2.24) is 9.80 Å². The number of carbonyl (C=O) groups excluding carboxylic acids is 1. The highest BCUT2D eigenvalue weighted by molar-refractivity contribution is 5.78. The molecule has 0 radical (unpaired) electrons. The summed E-state index contributed by atoms with van der Waals surface area (Å²) in [5.74, 6) is 1.16. The summed E-state index contributed by atoms with van der Waals surface area (Å²) in [5.41, 5.74) is 0. The molecule has 3 heteroatoms. The maximum absolute atomic E-state index is 11.9. The van der Waals surface area contributed by atoms with Gasteiger partial charge in [0.15, 0.2) is 0 Å². The Balaban J connectivity index is 2.36. The molecule has 0 spiro atoms. The van der Waals surface area contributed by atoms with E-state index in [9.17, 15) is 4.79 Å². The summed E-state index contributed by atoms with van der Waals surface area (Å²) in [6, 6.07) is 0.428. The molecule has 1 aliphatic heterocycles. The van der Waals surface area contributed by atoms with Crippen molar-refractivity contribution in [2.75, 3.05) is 26.7 Å². The fourth-order valence-electron chi connectivity index (χ4n) is 2.36. The molecule has 0 aromatic heterocycles. The minimum Gasteiger partial charge on any atom is -0.341 e. The summed E-state index contributed by atoms with van der Waals surface area (Å²) < 4.78 is 0. The number of hydrogen-bond donors (Lipinski definition) is 0. The van der Waals surface area contributed by atoms with Gasteiger partial charge in [-0.05, 0) is 25.3 Å². The van der Waals surface area contributed by atoms with Crippen molar-refractivity contribution >= 4 is 5.91 Å². The zero-order valence-electron chi connectivity index (χ0n) is 12.1. The Bertz CT molecular complexity index is 251. The zero-order chi connectivity index (χ0) is 13.0. The highest BCUT2D eigenvalue weighted by atomic mass is 16.2. The second-order valence-corrected chi connectivity index (χ2v) is 6.03. The molecule has 0 bridgehead atoms. The second kappa shape index (κ2) is 6.39. The first-order chi connectivity index (χ1) is 7.91. The lowest BCUT2D eigenvalue weighted by Gasteiger charge is -2.26. The number of hydrogen-bond acceptors (Lipinski definition) is 2. The predicted octanol–water partition coefficient (Wildman–Crippen LogP) is 2.22. The Morgan fingerprint density at radius 1 is 1.35 bits per heavy atom. The third-order valence-electron chi connectivity index (χ3n) is 3.66. The first-order valence-corrected chi connectivity index (χ1v) is 6.90. The van der Waals surface area contributed by atoms with Gasteiger partial charge in [-0.15, -0.1) is 0 Å². The highest BCUT2D eigenvalue weighted by Crippen LogP contribution is 2.17. The third kappa shape index (κ3) is 4.30. The van der Waals surface area contributed by atoms with Crippen molar-refractivity contribution in [2.45, 2.75) is 46.6 Å². The van der Waals surface area contributed by atoms with Gasteiger partial charge in [0.05, 0.1) is 0 Å². The van der Waals surface area contributed by atoms with E-state index < -0.39 is 0 Å². The van der Waals surface area contributed by atoms with Crippen molar-refractivity contribution in [3.63, 3.8) is 0 Å². The van der Waals surface area contributed by atoms with Crippen LogP contribution in [0.2, 0.25) is 0 Å². The molecule has 0 N–H and O–H groups in total. The lowest BCUT2D eigenvalue weighted by atomic mass is 10.1. The molecule has 17 heavy (non-hydrogen) atoms. The number of amides is 1. The average Bonchev–Trinajstić information content (AvgIpc) is 2.72. The third-order valence-corrected chi connectivity index (χ3v) is 3.66. The van der Waals surface area contributed by atoms with Crippen LogP contribution >= 0.6 is 0 Å². The van der Waals surface area contributed by atoms with Gasteiger partial charge < -0.3 is 9.80 Å². The van der Waals surface area contributed by atoms with Gasteiger partial charge in [-0.1, -0.05) is 27.7 Å². The molecule has 0 unspecified atom stereocenters.